The SMILES string of the molecule is N=C(N)c1cccc(NS(=O)(=O)c2cnc[nH]2)c1. The van der Waals surface area contributed by atoms with Crippen LogP contribution in [0.4, 0.5) is 5.69 Å². The van der Waals surface area contributed by atoms with Crippen molar-refractivity contribution in [1.82, 2.24) is 9.97 Å². The molecule has 94 valence electrons. The van der Waals surface area contributed by atoms with Crippen molar-refractivity contribution < 1.29 is 8.42 Å². The number of aromatic amines is 1. The summed E-state index contributed by atoms with van der Waals surface area (Å²) in [6, 6.07) is 6.29. The minimum absolute atomic E-state index is 0.0317. The van der Waals surface area contributed by atoms with E-state index in [1.165, 1.54) is 18.6 Å². The van der Waals surface area contributed by atoms with Gasteiger partial charge in [-0.15, -0.1) is 0 Å². The smallest absolute Gasteiger partial charge is 0.278 e. The average Bonchev–Trinajstić information content (AvgIpc) is 2.82. The maximum absolute atomic E-state index is 11.9. The molecule has 1 aromatic heterocycles. The van der Waals surface area contributed by atoms with Gasteiger partial charge in [0.15, 0.2) is 5.03 Å². The lowest BCUT2D eigenvalue weighted by Gasteiger charge is -2.07. The minimum Gasteiger partial charge on any atom is -0.384 e. The molecule has 0 fully saturated rings. The summed E-state index contributed by atoms with van der Waals surface area (Å²) in [5, 5.41) is 7.26. The fourth-order valence-electron chi connectivity index (χ4n) is 1.35. The van der Waals surface area contributed by atoms with E-state index in [0.29, 0.717) is 11.3 Å². The molecule has 0 aliphatic rings. The Balaban J connectivity index is 2.30. The Labute approximate surface area is 104 Å². The number of nitrogens with two attached hydrogens (primary N) is 1. The number of sulfonamides is 1. The molecule has 0 radical (unpaired) electrons. The number of anilines is 1. The van der Waals surface area contributed by atoms with E-state index in [1.807, 2.05) is 0 Å². The number of benzene rings is 1. The van der Waals surface area contributed by atoms with Crippen molar-refractivity contribution in [2.45, 2.75) is 5.03 Å². The quantitative estimate of drug-likeness (QED) is 0.474. The molecule has 0 amide bonds. The summed E-state index contributed by atoms with van der Waals surface area (Å²) in [6.45, 7) is 0. The van der Waals surface area contributed by atoms with Crippen LogP contribution >= 0.6 is 0 Å². The number of nitrogen functional groups attached to an aromatic ring is 1. The van der Waals surface area contributed by atoms with Crippen molar-refractivity contribution in [2.75, 3.05) is 4.72 Å². The molecule has 2 aromatic rings. The molecular weight excluding hydrogens is 254 g/mol. The second-order valence-electron chi connectivity index (χ2n) is 3.52. The summed E-state index contributed by atoms with van der Waals surface area (Å²) in [7, 11) is -3.69. The van der Waals surface area contributed by atoms with Gasteiger partial charge >= 0.3 is 0 Å². The average molecular weight is 265 g/mol. The third kappa shape index (κ3) is 2.48. The summed E-state index contributed by atoms with van der Waals surface area (Å²) in [4.78, 5) is 6.15. The molecule has 18 heavy (non-hydrogen) atoms. The number of nitrogens with one attached hydrogen (secondary N) is 3. The summed E-state index contributed by atoms with van der Waals surface area (Å²) < 4.78 is 26.1. The van der Waals surface area contributed by atoms with Gasteiger partial charge in [-0.05, 0) is 12.1 Å². The van der Waals surface area contributed by atoms with Gasteiger partial charge in [-0.25, -0.2) is 4.98 Å². The first-order valence-corrected chi connectivity index (χ1v) is 6.43. The Bertz CT molecular complexity index is 663. The van der Waals surface area contributed by atoms with Crippen LogP contribution in [0.25, 0.3) is 0 Å². The molecule has 1 heterocycles. The zero-order valence-corrected chi connectivity index (χ0v) is 10.0. The second kappa shape index (κ2) is 4.49. The molecule has 0 aliphatic heterocycles. The number of hydrogen-bond acceptors (Lipinski definition) is 4. The van der Waals surface area contributed by atoms with Crippen LogP contribution in [-0.4, -0.2) is 24.2 Å². The van der Waals surface area contributed by atoms with E-state index in [9.17, 15) is 8.42 Å². The molecule has 7 nitrogen and oxygen atoms in total. The van der Waals surface area contributed by atoms with Crippen LogP contribution in [-0.2, 0) is 10.0 Å². The van der Waals surface area contributed by atoms with E-state index in [4.69, 9.17) is 11.1 Å². The van der Waals surface area contributed by atoms with Crippen LogP contribution in [0.15, 0.2) is 41.8 Å². The Morgan fingerprint density at radius 3 is 2.83 bits per heavy atom. The normalized spacial score (nSPS) is 11.1. The van der Waals surface area contributed by atoms with Gasteiger partial charge in [0.1, 0.15) is 5.84 Å². The first kappa shape index (κ1) is 12.1. The summed E-state index contributed by atoms with van der Waals surface area (Å²) in [6.07, 6.45) is 2.48. The lowest BCUT2D eigenvalue weighted by atomic mass is 10.2. The van der Waals surface area contributed by atoms with Crippen LogP contribution in [0, 0.1) is 5.41 Å². The molecule has 8 heteroatoms. The fraction of sp³-hybridized carbons (Fsp3) is 0. The first-order chi connectivity index (χ1) is 8.49. The number of aromatic nitrogens is 2. The minimum atomic E-state index is -3.69. The molecule has 2 rings (SSSR count). The van der Waals surface area contributed by atoms with Crippen molar-refractivity contribution in [3.05, 3.63) is 42.4 Å². The molecule has 0 unspecified atom stereocenters. The van der Waals surface area contributed by atoms with Crippen LogP contribution in [0.1, 0.15) is 5.56 Å². The molecule has 0 saturated heterocycles. The number of H-pyrrole nitrogens is 1. The number of amidine groups is 1. The fourth-order valence-corrected chi connectivity index (χ4v) is 2.31. The molecular formula is C10H11N5O2S. The van der Waals surface area contributed by atoms with Crippen LogP contribution in [0.3, 0.4) is 0 Å². The van der Waals surface area contributed by atoms with Gasteiger partial charge in [-0.1, -0.05) is 12.1 Å². The summed E-state index contributed by atoms with van der Waals surface area (Å²) in [5.74, 6) is -0.127. The third-order valence-electron chi connectivity index (χ3n) is 2.19. The predicted octanol–water partition coefficient (Wildman–Crippen LogP) is 0.495. The molecule has 0 spiro atoms. The highest BCUT2D eigenvalue weighted by Gasteiger charge is 2.15. The van der Waals surface area contributed by atoms with Crippen molar-refractivity contribution in [2.24, 2.45) is 5.73 Å². The zero-order valence-electron chi connectivity index (χ0n) is 9.21. The van der Waals surface area contributed by atoms with Gasteiger partial charge in [-0.3, -0.25) is 10.1 Å². The van der Waals surface area contributed by atoms with Crippen molar-refractivity contribution in [1.29, 1.82) is 5.41 Å². The highest BCUT2D eigenvalue weighted by atomic mass is 32.2. The summed E-state index contributed by atoms with van der Waals surface area (Å²) in [5.41, 5.74) is 6.11. The summed E-state index contributed by atoms with van der Waals surface area (Å²) >= 11 is 0. The highest BCUT2D eigenvalue weighted by molar-refractivity contribution is 7.92. The van der Waals surface area contributed by atoms with Crippen LogP contribution in [0.5, 0.6) is 0 Å². The second-order valence-corrected chi connectivity index (χ2v) is 5.17. The molecule has 0 bridgehead atoms. The van der Waals surface area contributed by atoms with E-state index in [1.54, 1.807) is 18.2 Å². The van der Waals surface area contributed by atoms with Gasteiger partial charge in [0, 0.05) is 11.3 Å². The van der Waals surface area contributed by atoms with Crippen LogP contribution in [0.2, 0.25) is 0 Å². The predicted molar refractivity (Wildman–Crippen MR) is 66.9 cm³/mol. The lowest BCUT2D eigenvalue weighted by molar-refractivity contribution is 0.598. The third-order valence-corrected chi connectivity index (χ3v) is 3.50. The van der Waals surface area contributed by atoms with Gasteiger partial charge in [0.05, 0.1) is 12.5 Å². The maximum Gasteiger partial charge on any atom is 0.278 e. The Hall–Kier alpha value is -2.35. The van der Waals surface area contributed by atoms with Gasteiger partial charge < -0.3 is 10.7 Å². The topological polar surface area (TPSA) is 125 Å². The monoisotopic (exact) mass is 265 g/mol. The van der Waals surface area contributed by atoms with E-state index in [2.05, 4.69) is 14.7 Å². The molecule has 5 N–H and O–H groups in total. The van der Waals surface area contributed by atoms with Crippen molar-refractivity contribution in [3.63, 3.8) is 0 Å². The molecule has 0 saturated carbocycles. The van der Waals surface area contributed by atoms with Gasteiger partial charge in [0.2, 0.25) is 0 Å². The molecule has 0 aliphatic carbocycles. The van der Waals surface area contributed by atoms with Gasteiger partial charge in [0.25, 0.3) is 10.0 Å². The Morgan fingerprint density at radius 2 is 2.22 bits per heavy atom. The first-order valence-electron chi connectivity index (χ1n) is 4.95. The van der Waals surface area contributed by atoms with E-state index in [0.717, 1.165) is 0 Å². The van der Waals surface area contributed by atoms with E-state index in [-0.39, 0.29) is 10.9 Å². The largest absolute Gasteiger partial charge is 0.384 e. The van der Waals surface area contributed by atoms with E-state index < -0.39 is 10.0 Å². The number of rotatable bonds is 4. The lowest BCUT2D eigenvalue weighted by Crippen LogP contribution is -2.15. The van der Waals surface area contributed by atoms with Crippen molar-refractivity contribution in [3.8, 4) is 0 Å². The van der Waals surface area contributed by atoms with Crippen LogP contribution < -0.4 is 10.5 Å². The number of nitrogens with zero attached hydrogens (tertiary/aromatic N) is 1. The zero-order chi connectivity index (χ0) is 13.2. The Kier molecular flexibility index (Phi) is 3.02. The molecule has 1 aromatic carbocycles. The van der Waals surface area contributed by atoms with Gasteiger partial charge in [-0.2, -0.15) is 8.42 Å². The number of imidazole rings is 1. The van der Waals surface area contributed by atoms with E-state index >= 15 is 0 Å². The Morgan fingerprint density at radius 1 is 1.44 bits per heavy atom. The maximum atomic E-state index is 11.9. The van der Waals surface area contributed by atoms with Crippen molar-refractivity contribution >= 4 is 21.5 Å². The standard InChI is InChI=1S/C10H11N5O2S/c11-10(12)7-2-1-3-8(4-7)15-18(16,17)9-5-13-6-14-9/h1-6,15H,(H3,11,12)(H,13,14). The number of hydrogen-bond donors (Lipinski definition) is 4. The molecule has 0 atom stereocenters. The highest BCUT2D eigenvalue weighted by Crippen LogP contribution is 2.15.